The fourth-order valence-electron chi connectivity index (χ4n) is 3.86. The van der Waals surface area contributed by atoms with E-state index >= 15 is 0 Å². The van der Waals surface area contributed by atoms with Crippen LogP contribution < -0.4 is 10.6 Å². The van der Waals surface area contributed by atoms with Crippen molar-refractivity contribution in [3.8, 4) is 0 Å². The van der Waals surface area contributed by atoms with Crippen molar-refractivity contribution in [1.29, 1.82) is 0 Å². The summed E-state index contributed by atoms with van der Waals surface area (Å²) in [5.41, 5.74) is 1.52. The first-order chi connectivity index (χ1) is 13.7. The van der Waals surface area contributed by atoms with Crippen LogP contribution in [0.25, 0.3) is 0 Å². The van der Waals surface area contributed by atoms with Crippen LogP contribution in [0.15, 0.2) is 29.3 Å². The second kappa shape index (κ2) is 13.0. The molecule has 0 spiro atoms. The van der Waals surface area contributed by atoms with Crippen LogP contribution in [0.2, 0.25) is 5.02 Å². The van der Waals surface area contributed by atoms with Gasteiger partial charge in [0.05, 0.1) is 19.8 Å². The molecule has 164 valence electrons. The summed E-state index contributed by atoms with van der Waals surface area (Å²) in [5, 5.41) is 7.59. The average Bonchev–Trinajstić information content (AvgIpc) is 3.18. The smallest absolute Gasteiger partial charge is 0.191 e. The van der Waals surface area contributed by atoms with E-state index in [1.165, 1.54) is 24.8 Å². The molecule has 3 rings (SSSR count). The molecule has 0 radical (unpaired) electrons. The van der Waals surface area contributed by atoms with E-state index in [1.54, 1.807) is 0 Å². The Balaban J connectivity index is 0.00000300. The summed E-state index contributed by atoms with van der Waals surface area (Å²) in [7, 11) is 0. The van der Waals surface area contributed by atoms with Gasteiger partial charge in [0.2, 0.25) is 0 Å². The van der Waals surface area contributed by atoms with Crippen LogP contribution >= 0.6 is 35.6 Å². The number of hydrogen-bond acceptors (Lipinski definition) is 3. The molecule has 29 heavy (non-hydrogen) atoms. The number of guanidine groups is 1. The van der Waals surface area contributed by atoms with Crippen molar-refractivity contribution in [2.24, 2.45) is 10.9 Å². The summed E-state index contributed by atoms with van der Waals surface area (Å²) < 4.78 is 11.2. The molecule has 1 saturated carbocycles. The molecule has 1 atom stereocenters. The zero-order valence-electron chi connectivity index (χ0n) is 17.4. The van der Waals surface area contributed by atoms with Gasteiger partial charge in [-0.25, -0.2) is 0 Å². The van der Waals surface area contributed by atoms with Crippen LogP contribution in [0.4, 0.5) is 0 Å². The maximum absolute atomic E-state index is 6.06. The number of aliphatic imine (C=N–C) groups is 1. The number of rotatable bonds is 10. The van der Waals surface area contributed by atoms with Crippen molar-refractivity contribution in [1.82, 2.24) is 10.6 Å². The van der Waals surface area contributed by atoms with E-state index in [9.17, 15) is 0 Å². The Labute approximate surface area is 197 Å². The Hall–Kier alpha value is -0.570. The van der Waals surface area contributed by atoms with Gasteiger partial charge in [0.15, 0.2) is 5.96 Å². The largest absolute Gasteiger partial charge is 0.381 e. The van der Waals surface area contributed by atoms with Crippen LogP contribution in [-0.2, 0) is 14.9 Å². The predicted octanol–water partition coefficient (Wildman–Crippen LogP) is 4.38. The van der Waals surface area contributed by atoms with Gasteiger partial charge in [-0.2, -0.15) is 0 Å². The Kier molecular flexibility index (Phi) is 11.0. The summed E-state index contributed by atoms with van der Waals surface area (Å²) in [5.74, 6) is 1.48. The highest BCUT2D eigenvalue weighted by Gasteiger charge is 2.38. The molecule has 0 bridgehead atoms. The molecule has 1 aliphatic heterocycles. The van der Waals surface area contributed by atoms with Crippen molar-refractivity contribution >= 4 is 41.5 Å². The van der Waals surface area contributed by atoms with Crippen molar-refractivity contribution in [2.45, 2.75) is 44.4 Å². The third-order valence-corrected chi connectivity index (χ3v) is 6.04. The number of hydrogen-bond donors (Lipinski definition) is 2. The third-order valence-electron chi connectivity index (χ3n) is 5.79. The highest BCUT2D eigenvalue weighted by molar-refractivity contribution is 14.0. The molecule has 0 amide bonds. The minimum absolute atomic E-state index is 0. The van der Waals surface area contributed by atoms with Gasteiger partial charge in [0, 0.05) is 42.7 Å². The van der Waals surface area contributed by atoms with Crippen LogP contribution in [0, 0.1) is 5.92 Å². The SMILES string of the molecule is CCNC(=NCC1(c2ccc(Cl)cc2)CCC1)NCCCOCC1CCOC1.I. The van der Waals surface area contributed by atoms with Gasteiger partial charge in [0.1, 0.15) is 0 Å². The molecule has 5 nitrogen and oxygen atoms in total. The fourth-order valence-corrected chi connectivity index (χ4v) is 3.99. The second-order valence-corrected chi connectivity index (χ2v) is 8.36. The summed E-state index contributed by atoms with van der Waals surface area (Å²) in [6.45, 7) is 7.96. The van der Waals surface area contributed by atoms with E-state index in [1.807, 2.05) is 12.1 Å². The summed E-state index contributed by atoms with van der Waals surface area (Å²) in [6, 6.07) is 8.29. The van der Waals surface area contributed by atoms with E-state index in [0.717, 1.165) is 69.9 Å². The molecular formula is C22H35ClIN3O2. The number of nitrogens with zero attached hydrogens (tertiary/aromatic N) is 1. The average molecular weight is 536 g/mol. The topological polar surface area (TPSA) is 54.9 Å². The Morgan fingerprint density at radius 3 is 2.69 bits per heavy atom. The second-order valence-electron chi connectivity index (χ2n) is 7.92. The first-order valence-corrected chi connectivity index (χ1v) is 11.0. The zero-order valence-corrected chi connectivity index (χ0v) is 20.5. The van der Waals surface area contributed by atoms with Crippen molar-refractivity contribution in [3.05, 3.63) is 34.9 Å². The van der Waals surface area contributed by atoms with Gasteiger partial charge < -0.3 is 20.1 Å². The maximum Gasteiger partial charge on any atom is 0.191 e. The highest BCUT2D eigenvalue weighted by Crippen LogP contribution is 2.44. The van der Waals surface area contributed by atoms with Gasteiger partial charge in [0.25, 0.3) is 0 Å². The molecular weight excluding hydrogens is 501 g/mol. The van der Waals surface area contributed by atoms with E-state index < -0.39 is 0 Å². The van der Waals surface area contributed by atoms with E-state index in [0.29, 0.717) is 5.92 Å². The molecule has 1 aromatic rings. The Morgan fingerprint density at radius 1 is 1.28 bits per heavy atom. The first kappa shape index (κ1) is 24.7. The lowest BCUT2D eigenvalue weighted by molar-refractivity contribution is 0.0888. The number of nitrogens with one attached hydrogen (secondary N) is 2. The molecule has 1 aliphatic carbocycles. The van der Waals surface area contributed by atoms with Gasteiger partial charge in [-0.05, 0) is 50.3 Å². The van der Waals surface area contributed by atoms with E-state index in [2.05, 4.69) is 29.7 Å². The number of benzene rings is 1. The van der Waals surface area contributed by atoms with E-state index in [-0.39, 0.29) is 29.4 Å². The molecule has 2 N–H and O–H groups in total. The molecule has 1 unspecified atom stereocenters. The molecule has 1 saturated heterocycles. The standard InChI is InChI=1S/C22H34ClN3O2.HI/c1-2-24-21(25-12-4-13-27-15-18-9-14-28-16-18)26-17-22(10-3-11-22)19-5-7-20(23)8-6-19;/h5-8,18H,2-4,9-17H2,1H3,(H2,24,25,26);1H. The summed E-state index contributed by atoms with van der Waals surface area (Å²) in [6.07, 6.45) is 5.75. The highest BCUT2D eigenvalue weighted by atomic mass is 127. The minimum atomic E-state index is 0. The summed E-state index contributed by atoms with van der Waals surface area (Å²) >= 11 is 6.06. The van der Waals surface area contributed by atoms with Gasteiger partial charge >= 0.3 is 0 Å². The van der Waals surface area contributed by atoms with Crippen molar-refractivity contribution < 1.29 is 9.47 Å². The number of halogens is 2. The lowest BCUT2D eigenvalue weighted by atomic mass is 9.64. The molecule has 1 heterocycles. The number of ether oxygens (including phenoxy) is 2. The first-order valence-electron chi connectivity index (χ1n) is 10.7. The maximum atomic E-state index is 6.06. The van der Waals surface area contributed by atoms with Crippen LogP contribution in [0.1, 0.15) is 44.6 Å². The van der Waals surface area contributed by atoms with Crippen LogP contribution in [-0.4, -0.2) is 52.0 Å². The van der Waals surface area contributed by atoms with Gasteiger partial charge in [-0.1, -0.05) is 30.2 Å². The van der Waals surface area contributed by atoms with Crippen LogP contribution in [0.3, 0.4) is 0 Å². The molecule has 2 fully saturated rings. The normalized spacial score (nSPS) is 20.6. The predicted molar refractivity (Wildman–Crippen MR) is 131 cm³/mol. The lowest BCUT2D eigenvalue weighted by Gasteiger charge is -2.41. The molecule has 0 aromatic heterocycles. The van der Waals surface area contributed by atoms with E-state index in [4.69, 9.17) is 26.1 Å². The van der Waals surface area contributed by atoms with Gasteiger partial charge in [-0.15, -0.1) is 24.0 Å². The lowest BCUT2D eigenvalue weighted by Crippen LogP contribution is -2.42. The van der Waals surface area contributed by atoms with Crippen molar-refractivity contribution in [2.75, 3.05) is 46.1 Å². The minimum Gasteiger partial charge on any atom is -0.381 e. The fraction of sp³-hybridized carbons (Fsp3) is 0.682. The quantitative estimate of drug-likeness (QED) is 0.202. The summed E-state index contributed by atoms with van der Waals surface area (Å²) in [4.78, 5) is 4.89. The molecule has 1 aromatic carbocycles. The molecule has 2 aliphatic rings. The Morgan fingerprint density at radius 2 is 2.07 bits per heavy atom. The van der Waals surface area contributed by atoms with Crippen LogP contribution in [0.5, 0.6) is 0 Å². The molecule has 7 heteroatoms. The third kappa shape index (κ3) is 7.56. The van der Waals surface area contributed by atoms with Crippen molar-refractivity contribution in [3.63, 3.8) is 0 Å². The Bertz CT molecular complexity index is 617. The van der Waals surface area contributed by atoms with Gasteiger partial charge in [-0.3, -0.25) is 4.99 Å². The monoisotopic (exact) mass is 535 g/mol. The zero-order chi connectivity index (χ0) is 19.7.